The molecule has 1 heterocycles. The van der Waals surface area contributed by atoms with Crippen LogP contribution in [0.1, 0.15) is 38.1 Å². The summed E-state index contributed by atoms with van der Waals surface area (Å²) in [6, 6.07) is 0. The normalized spacial score (nSPS) is 10.5. The van der Waals surface area contributed by atoms with E-state index < -0.39 is 0 Å². The standard InChI is InChI=1S/C8H14N2O2/c1-3-5-7-8(6-4-2)10(11)12-9-7/h3-6H2,1-2H3. The van der Waals surface area contributed by atoms with Gasteiger partial charge in [-0.15, -0.1) is 0 Å². The lowest BCUT2D eigenvalue weighted by Crippen LogP contribution is -2.28. The van der Waals surface area contributed by atoms with Crippen LogP contribution in [-0.4, -0.2) is 5.16 Å². The van der Waals surface area contributed by atoms with Crippen LogP contribution in [0.2, 0.25) is 0 Å². The van der Waals surface area contributed by atoms with Crippen LogP contribution >= 0.6 is 0 Å². The van der Waals surface area contributed by atoms with Gasteiger partial charge in [-0.2, -0.15) is 0 Å². The van der Waals surface area contributed by atoms with E-state index in [1.54, 1.807) is 0 Å². The van der Waals surface area contributed by atoms with Gasteiger partial charge < -0.3 is 5.21 Å². The minimum atomic E-state index is 0.522. The molecule has 68 valence electrons. The first-order chi connectivity index (χ1) is 5.79. The van der Waals surface area contributed by atoms with E-state index in [0.29, 0.717) is 10.6 Å². The van der Waals surface area contributed by atoms with Gasteiger partial charge in [0.25, 0.3) is 0 Å². The zero-order chi connectivity index (χ0) is 8.97. The van der Waals surface area contributed by atoms with Gasteiger partial charge in [-0.05, 0) is 17.7 Å². The molecule has 0 fully saturated rings. The molecule has 0 atom stereocenters. The van der Waals surface area contributed by atoms with Crippen molar-refractivity contribution in [3.63, 3.8) is 0 Å². The van der Waals surface area contributed by atoms with Crippen LogP contribution in [0.4, 0.5) is 0 Å². The first-order valence-electron chi connectivity index (χ1n) is 4.37. The summed E-state index contributed by atoms with van der Waals surface area (Å²) in [7, 11) is 0. The third kappa shape index (κ3) is 1.75. The largest absolute Gasteiger partial charge is 0.359 e. The molecule has 0 aliphatic carbocycles. The third-order valence-corrected chi connectivity index (χ3v) is 1.75. The zero-order valence-electron chi connectivity index (χ0n) is 7.54. The summed E-state index contributed by atoms with van der Waals surface area (Å²) >= 11 is 0. The van der Waals surface area contributed by atoms with Crippen molar-refractivity contribution >= 4 is 0 Å². The van der Waals surface area contributed by atoms with Crippen molar-refractivity contribution in [2.24, 2.45) is 0 Å². The van der Waals surface area contributed by atoms with Crippen molar-refractivity contribution < 1.29 is 9.53 Å². The lowest BCUT2D eigenvalue weighted by atomic mass is 10.1. The van der Waals surface area contributed by atoms with Gasteiger partial charge in [0, 0.05) is 18.0 Å². The van der Waals surface area contributed by atoms with Gasteiger partial charge in [-0.25, -0.2) is 0 Å². The van der Waals surface area contributed by atoms with E-state index in [0.717, 1.165) is 31.4 Å². The van der Waals surface area contributed by atoms with Crippen molar-refractivity contribution in [2.75, 3.05) is 0 Å². The van der Waals surface area contributed by atoms with E-state index in [4.69, 9.17) is 0 Å². The summed E-state index contributed by atoms with van der Waals surface area (Å²) in [5, 5.41) is 14.7. The Morgan fingerprint density at radius 1 is 1.33 bits per heavy atom. The number of aromatic nitrogens is 2. The van der Waals surface area contributed by atoms with Crippen molar-refractivity contribution in [2.45, 2.75) is 39.5 Å². The van der Waals surface area contributed by atoms with Crippen LogP contribution in [0.5, 0.6) is 0 Å². The maximum absolute atomic E-state index is 11.0. The van der Waals surface area contributed by atoms with Gasteiger partial charge in [0.05, 0.1) is 0 Å². The quantitative estimate of drug-likeness (QED) is 0.638. The molecule has 0 bridgehead atoms. The minimum absolute atomic E-state index is 0.522. The van der Waals surface area contributed by atoms with Gasteiger partial charge in [0.1, 0.15) is 0 Å². The first kappa shape index (κ1) is 9.03. The minimum Gasteiger partial charge on any atom is -0.359 e. The highest BCUT2D eigenvalue weighted by atomic mass is 16.8. The predicted molar refractivity (Wildman–Crippen MR) is 43.5 cm³/mol. The molecule has 0 saturated heterocycles. The van der Waals surface area contributed by atoms with E-state index >= 15 is 0 Å². The second-order valence-corrected chi connectivity index (χ2v) is 2.82. The van der Waals surface area contributed by atoms with Crippen LogP contribution in [0, 0.1) is 5.21 Å². The topological polar surface area (TPSA) is 53.0 Å². The highest BCUT2D eigenvalue weighted by Crippen LogP contribution is 2.06. The van der Waals surface area contributed by atoms with Gasteiger partial charge in [-0.3, -0.25) is 4.63 Å². The van der Waals surface area contributed by atoms with E-state index in [-0.39, 0.29) is 0 Å². The molecule has 0 saturated carbocycles. The highest BCUT2D eigenvalue weighted by molar-refractivity contribution is 5.03. The van der Waals surface area contributed by atoms with Crippen LogP contribution in [0.25, 0.3) is 0 Å². The first-order valence-corrected chi connectivity index (χ1v) is 4.37. The average Bonchev–Trinajstić information content (AvgIpc) is 2.37. The summed E-state index contributed by atoms with van der Waals surface area (Å²) in [6.07, 6.45) is 3.51. The second kappa shape index (κ2) is 4.09. The highest BCUT2D eigenvalue weighted by Gasteiger charge is 2.16. The molecule has 0 N–H and O–H groups in total. The van der Waals surface area contributed by atoms with Gasteiger partial charge in [-0.1, -0.05) is 13.8 Å². The van der Waals surface area contributed by atoms with Crippen LogP contribution in [0.15, 0.2) is 4.63 Å². The number of nitrogens with zero attached hydrogens (tertiary/aromatic N) is 2. The fourth-order valence-corrected chi connectivity index (χ4v) is 1.19. The van der Waals surface area contributed by atoms with E-state index in [1.807, 2.05) is 6.92 Å². The summed E-state index contributed by atoms with van der Waals surface area (Å²) in [4.78, 5) is 0.522. The predicted octanol–water partition coefficient (Wildman–Crippen LogP) is 1.21. The maximum Gasteiger partial charge on any atom is 0.221 e. The maximum atomic E-state index is 11.0. The number of hydrogen-bond donors (Lipinski definition) is 0. The van der Waals surface area contributed by atoms with Crippen LogP contribution in [0.3, 0.4) is 0 Å². The molecule has 4 heteroatoms. The Labute approximate surface area is 71.7 Å². The molecule has 0 aliphatic heterocycles. The lowest BCUT2D eigenvalue weighted by Gasteiger charge is -1.93. The molecule has 0 radical (unpaired) electrons. The van der Waals surface area contributed by atoms with Crippen LogP contribution < -0.4 is 4.90 Å². The fourth-order valence-electron chi connectivity index (χ4n) is 1.19. The second-order valence-electron chi connectivity index (χ2n) is 2.82. The van der Waals surface area contributed by atoms with E-state index in [9.17, 15) is 5.21 Å². The van der Waals surface area contributed by atoms with Crippen molar-refractivity contribution in [3.8, 4) is 0 Å². The molecule has 0 aromatic carbocycles. The molecule has 12 heavy (non-hydrogen) atoms. The van der Waals surface area contributed by atoms with E-state index in [2.05, 4.69) is 16.7 Å². The molecule has 1 aromatic rings. The Morgan fingerprint density at radius 3 is 2.58 bits per heavy atom. The zero-order valence-corrected chi connectivity index (χ0v) is 7.54. The van der Waals surface area contributed by atoms with Gasteiger partial charge in [0.15, 0.2) is 5.69 Å². The molecule has 0 unspecified atom stereocenters. The molecule has 4 nitrogen and oxygen atoms in total. The van der Waals surface area contributed by atoms with E-state index in [1.165, 1.54) is 0 Å². The fraction of sp³-hybridized carbons (Fsp3) is 0.750. The smallest absolute Gasteiger partial charge is 0.221 e. The number of aryl methyl sites for hydroxylation is 1. The molecule has 0 aliphatic rings. The molecular weight excluding hydrogens is 156 g/mol. The SMILES string of the molecule is CCCc1no[n+]([O-])c1CCC. The Kier molecular flexibility index (Phi) is 3.08. The molecule has 0 amide bonds. The average molecular weight is 170 g/mol. The Hall–Kier alpha value is -1.06. The lowest BCUT2D eigenvalue weighted by molar-refractivity contribution is -0.807. The van der Waals surface area contributed by atoms with Crippen molar-refractivity contribution in [1.82, 2.24) is 5.16 Å². The molecule has 1 aromatic heterocycles. The van der Waals surface area contributed by atoms with Gasteiger partial charge in [0.2, 0.25) is 5.69 Å². The Bertz CT molecular complexity index is 245. The van der Waals surface area contributed by atoms with Crippen LogP contribution in [-0.2, 0) is 12.8 Å². The monoisotopic (exact) mass is 170 g/mol. The third-order valence-electron chi connectivity index (χ3n) is 1.75. The summed E-state index contributed by atoms with van der Waals surface area (Å²) in [6.45, 7) is 4.09. The van der Waals surface area contributed by atoms with Crippen molar-refractivity contribution in [1.29, 1.82) is 0 Å². The summed E-state index contributed by atoms with van der Waals surface area (Å²) < 4.78 is 4.51. The summed E-state index contributed by atoms with van der Waals surface area (Å²) in [5.41, 5.74) is 1.51. The molecule has 0 spiro atoms. The molecular formula is C8H14N2O2. The molecule has 1 rings (SSSR count). The Balaban J connectivity index is 2.80. The summed E-state index contributed by atoms with van der Waals surface area (Å²) in [5.74, 6) is 0. The number of hydrogen-bond acceptors (Lipinski definition) is 3. The Morgan fingerprint density at radius 2 is 2.00 bits per heavy atom. The van der Waals surface area contributed by atoms with Gasteiger partial charge >= 0.3 is 0 Å². The van der Waals surface area contributed by atoms with Crippen molar-refractivity contribution in [3.05, 3.63) is 16.6 Å². The number of rotatable bonds is 4.